The lowest BCUT2D eigenvalue weighted by atomic mass is 9.92. The number of fused-ring (bicyclic) bond motifs is 1. The number of carbonyl (C=O) groups is 1. The Labute approximate surface area is 236 Å². The molecule has 5 aromatic rings. The van der Waals surface area contributed by atoms with Crippen molar-refractivity contribution in [3.8, 4) is 28.1 Å². The lowest BCUT2D eigenvalue weighted by Gasteiger charge is -2.24. The number of hydrogen-bond acceptors (Lipinski definition) is 8. The van der Waals surface area contributed by atoms with Crippen LogP contribution in [-0.4, -0.2) is 66.0 Å². The van der Waals surface area contributed by atoms with Crippen LogP contribution in [0.25, 0.3) is 33.4 Å². The Bertz CT molecular complexity index is 1740. The second kappa shape index (κ2) is 10.6. The molecule has 4 heterocycles. The molecule has 11 nitrogen and oxygen atoms in total. The number of benzene rings is 1. The van der Waals surface area contributed by atoms with Gasteiger partial charge in [0.1, 0.15) is 29.3 Å². The molecule has 0 fully saturated rings. The summed E-state index contributed by atoms with van der Waals surface area (Å²) in [5.41, 5.74) is 11.5. The van der Waals surface area contributed by atoms with Crippen molar-refractivity contribution < 1.29 is 9.53 Å². The Morgan fingerprint density at radius 1 is 1.25 bits per heavy atom. The van der Waals surface area contributed by atoms with Crippen molar-refractivity contribution in [3.63, 3.8) is 0 Å². The van der Waals surface area contributed by atoms with Crippen molar-refractivity contribution in [1.82, 2.24) is 39.4 Å². The average molecular weight is 560 g/mol. The van der Waals surface area contributed by atoms with Crippen LogP contribution in [0.4, 0.5) is 5.82 Å². The zero-order chi connectivity index (χ0) is 28.7. The van der Waals surface area contributed by atoms with Crippen molar-refractivity contribution in [2.75, 3.05) is 26.4 Å². The molecule has 0 aliphatic rings. The van der Waals surface area contributed by atoms with Crippen LogP contribution < -0.4 is 10.5 Å². The predicted octanol–water partition coefficient (Wildman–Crippen LogP) is 4.54. The molecule has 0 saturated heterocycles. The number of nitrogen functional groups attached to an aromatic ring is 1. The van der Waals surface area contributed by atoms with Crippen LogP contribution in [0.3, 0.4) is 0 Å². The molecule has 0 spiro atoms. The maximum atomic E-state index is 13.1. The summed E-state index contributed by atoms with van der Waals surface area (Å²) >= 11 is 6.86. The second-order valence-corrected chi connectivity index (χ2v) is 10.0. The number of halogens is 1. The van der Waals surface area contributed by atoms with E-state index in [0.29, 0.717) is 56.7 Å². The second-order valence-electron chi connectivity index (χ2n) is 9.64. The fraction of sp³-hybridized carbons (Fsp3) is 0.286. The largest absolute Gasteiger partial charge is 0.493 e. The van der Waals surface area contributed by atoms with Gasteiger partial charge in [0.05, 0.1) is 24.2 Å². The predicted molar refractivity (Wildman–Crippen MR) is 154 cm³/mol. The van der Waals surface area contributed by atoms with Gasteiger partial charge in [-0.15, -0.1) is 0 Å². The van der Waals surface area contributed by atoms with E-state index in [-0.39, 0.29) is 5.91 Å². The molecule has 206 valence electrons. The zero-order valence-corrected chi connectivity index (χ0v) is 23.9. The third-order valence-corrected chi connectivity index (χ3v) is 7.19. The van der Waals surface area contributed by atoms with Crippen molar-refractivity contribution in [3.05, 3.63) is 65.0 Å². The SMILES string of the molecule is CCOc1c(C(C)n2nc(-c3cnn(C)c3)c3c(N)ncnc32)cc(Cl)c(C)c1-c1cccnc1C(=O)N(C)C. The van der Waals surface area contributed by atoms with Gasteiger partial charge in [-0.05, 0) is 38.5 Å². The van der Waals surface area contributed by atoms with Gasteiger partial charge in [0.25, 0.3) is 5.91 Å². The third-order valence-electron chi connectivity index (χ3n) is 6.79. The van der Waals surface area contributed by atoms with Crippen molar-refractivity contribution in [2.45, 2.75) is 26.8 Å². The molecule has 5 rings (SSSR count). The molecule has 2 N–H and O–H groups in total. The molecule has 1 atom stereocenters. The minimum Gasteiger partial charge on any atom is -0.493 e. The molecule has 1 aromatic carbocycles. The molecule has 4 aromatic heterocycles. The Hall–Kier alpha value is -4.51. The molecule has 1 unspecified atom stereocenters. The van der Waals surface area contributed by atoms with Crippen LogP contribution in [0.1, 0.15) is 41.5 Å². The van der Waals surface area contributed by atoms with Crippen LogP contribution in [0, 0.1) is 6.92 Å². The summed E-state index contributed by atoms with van der Waals surface area (Å²) < 4.78 is 9.79. The monoisotopic (exact) mass is 559 g/mol. The number of hydrogen-bond donors (Lipinski definition) is 1. The molecular formula is C28H30ClN9O2. The Morgan fingerprint density at radius 2 is 2.02 bits per heavy atom. The van der Waals surface area contributed by atoms with E-state index in [9.17, 15) is 4.79 Å². The van der Waals surface area contributed by atoms with E-state index in [2.05, 4.69) is 20.1 Å². The highest BCUT2D eigenvalue weighted by Crippen LogP contribution is 2.45. The molecule has 0 aliphatic heterocycles. The summed E-state index contributed by atoms with van der Waals surface area (Å²) in [7, 11) is 5.22. The molecule has 0 bridgehead atoms. The quantitative estimate of drug-likeness (QED) is 0.307. The Balaban J connectivity index is 1.78. The highest BCUT2D eigenvalue weighted by atomic mass is 35.5. The fourth-order valence-corrected chi connectivity index (χ4v) is 5.02. The smallest absolute Gasteiger partial charge is 0.272 e. The number of nitrogens with zero attached hydrogens (tertiary/aromatic N) is 8. The summed E-state index contributed by atoms with van der Waals surface area (Å²) in [4.78, 5) is 27.8. The highest BCUT2D eigenvalue weighted by molar-refractivity contribution is 6.32. The van der Waals surface area contributed by atoms with Gasteiger partial charge in [-0.25, -0.2) is 14.6 Å². The van der Waals surface area contributed by atoms with E-state index in [1.54, 1.807) is 41.9 Å². The molecule has 40 heavy (non-hydrogen) atoms. The maximum Gasteiger partial charge on any atom is 0.272 e. The highest BCUT2D eigenvalue weighted by Gasteiger charge is 2.28. The first-order valence-electron chi connectivity index (χ1n) is 12.7. The molecule has 12 heteroatoms. The summed E-state index contributed by atoms with van der Waals surface area (Å²) in [6, 6.07) is 5.13. The Kier molecular flexibility index (Phi) is 7.16. The first-order chi connectivity index (χ1) is 19.1. The molecule has 0 saturated carbocycles. The van der Waals surface area contributed by atoms with Crippen molar-refractivity contribution in [2.24, 2.45) is 7.05 Å². The average Bonchev–Trinajstić information content (AvgIpc) is 3.54. The van der Waals surface area contributed by atoms with Gasteiger partial charge in [-0.1, -0.05) is 17.7 Å². The van der Waals surface area contributed by atoms with Gasteiger partial charge in [0, 0.05) is 60.8 Å². The minimum absolute atomic E-state index is 0.224. The summed E-state index contributed by atoms with van der Waals surface area (Å²) in [6.45, 7) is 6.19. The standard InChI is InChI=1S/C28H30ClN9O2/c1-7-40-25-19(11-20(29)15(2)21(25)18-9-8-10-31-24(18)28(39)36(4)5)16(3)38-27-22(26(30)32-14-33-27)23(35-38)17-12-34-37(6)13-17/h8-14,16H,7H2,1-6H3,(H2,30,32,33). The number of aromatic nitrogens is 7. The first kappa shape index (κ1) is 27.1. The van der Waals surface area contributed by atoms with E-state index in [4.69, 9.17) is 27.2 Å². The number of amides is 1. The zero-order valence-electron chi connectivity index (χ0n) is 23.2. The van der Waals surface area contributed by atoms with Gasteiger partial charge in [-0.3, -0.25) is 14.5 Å². The fourth-order valence-electron chi connectivity index (χ4n) is 4.81. The van der Waals surface area contributed by atoms with E-state index in [1.165, 1.54) is 11.2 Å². The lowest BCUT2D eigenvalue weighted by molar-refractivity contribution is 0.0823. The van der Waals surface area contributed by atoms with Crippen molar-refractivity contribution in [1.29, 1.82) is 0 Å². The van der Waals surface area contributed by atoms with Crippen LogP contribution in [0.5, 0.6) is 5.75 Å². The molecular weight excluding hydrogens is 530 g/mol. The van der Waals surface area contributed by atoms with Gasteiger partial charge in [0.2, 0.25) is 0 Å². The van der Waals surface area contributed by atoms with Gasteiger partial charge >= 0.3 is 0 Å². The van der Waals surface area contributed by atoms with Crippen LogP contribution >= 0.6 is 11.6 Å². The first-order valence-corrected chi connectivity index (χ1v) is 13.1. The Morgan fingerprint density at radius 3 is 2.70 bits per heavy atom. The number of ether oxygens (including phenoxy) is 1. The number of aryl methyl sites for hydroxylation is 1. The number of anilines is 1. The van der Waals surface area contributed by atoms with E-state index >= 15 is 0 Å². The summed E-state index contributed by atoms with van der Waals surface area (Å²) in [6.07, 6.45) is 6.61. The van der Waals surface area contributed by atoms with Crippen molar-refractivity contribution >= 4 is 34.4 Å². The number of rotatable bonds is 7. The van der Waals surface area contributed by atoms with Gasteiger partial charge in [0.15, 0.2) is 5.65 Å². The minimum atomic E-state index is -0.398. The van der Waals surface area contributed by atoms with Gasteiger partial charge < -0.3 is 15.4 Å². The van der Waals surface area contributed by atoms with Crippen LogP contribution in [0.2, 0.25) is 5.02 Å². The van der Waals surface area contributed by atoms with Gasteiger partial charge in [-0.2, -0.15) is 10.2 Å². The van der Waals surface area contributed by atoms with Crippen LogP contribution in [-0.2, 0) is 7.05 Å². The normalized spacial score (nSPS) is 12.1. The van der Waals surface area contributed by atoms with Crippen LogP contribution in [0.15, 0.2) is 43.1 Å². The topological polar surface area (TPSA) is 130 Å². The lowest BCUT2D eigenvalue weighted by Crippen LogP contribution is -2.23. The number of carbonyl (C=O) groups excluding carboxylic acids is 1. The molecule has 0 radical (unpaired) electrons. The van der Waals surface area contributed by atoms with E-state index < -0.39 is 6.04 Å². The molecule has 1 amide bonds. The summed E-state index contributed by atoms with van der Waals surface area (Å²) in [5.74, 6) is 0.682. The van der Waals surface area contributed by atoms with E-state index in [0.717, 1.165) is 16.7 Å². The molecule has 0 aliphatic carbocycles. The van der Waals surface area contributed by atoms with E-state index in [1.807, 2.05) is 46.1 Å². The maximum absolute atomic E-state index is 13.1. The third kappa shape index (κ3) is 4.51. The number of pyridine rings is 1. The number of nitrogens with two attached hydrogens (primary N) is 1. The summed E-state index contributed by atoms with van der Waals surface area (Å²) in [5, 5.41) is 10.4.